The highest BCUT2D eigenvalue weighted by molar-refractivity contribution is 5.97. The Labute approximate surface area is 184 Å². The summed E-state index contributed by atoms with van der Waals surface area (Å²) in [6, 6.07) is 22.0. The average Bonchev–Trinajstić information content (AvgIpc) is 3.31. The lowest BCUT2D eigenvalue weighted by molar-refractivity contribution is -0.120. The molecule has 0 aliphatic carbocycles. The number of rotatable bonds is 8. The summed E-state index contributed by atoms with van der Waals surface area (Å²) >= 11 is 0. The van der Waals surface area contributed by atoms with Crippen molar-refractivity contribution in [1.29, 1.82) is 0 Å². The minimum atomic E-state index is -0.446. The molecular formula is C24H21N3O5. The highest BCUT2D eigenvalue weighted by Crippen LogP contribution is 2.32. The van der Waals surface area contributed by atoms with Crippen molar-refractivity contribution in [2.24, 2.45) is 5.10 Å². The molecule has 0 saturated heterocycles. The Morgan fingerprint density at radius 2 is 1.75 bits per heavy atom. The maximum absolute atomic E-state index is 12.2. The van der Waals surface area contributed by atoms with E-state index in [0.29, 0.717) is 23.7 Å². The van der Waals surface area contributed by atoms with E-state index in [-0.39, 0.29) is 13.3 Å². The monoisotopic (exact) mass is 431 g/mol. The molecule has 1 aliphatic heterocycles. The molecule has 162 valence electrons. The largest absolute Gasteiger partial charge is 0.489 e. The molecule has 0 radical (unpaired) electrons. The van der Waals surface area contributed by atoms with E-state index in [9.17, 15) is 9.59 Å². The highest BCUT2D eigenvalue weighted by Gasteiger charge is 2.16. The van der Waals surface area contributed by atoms with Crippen molar-refractivity contribution in [3.63, 3.8) is 0 Å². The minimum Gasteiger partial charge on any atom is -0.489 e. The molecule has 0 saturated carbocycles. The van der Waals surface area contributed by atoms with Gasteiger partial charge in [0.1, 0.15) is 12.4 Å². The van der Waals surface area contributed by atoms with Gasteiger partial charge >= 0.3 is 0 Å². The van der Waals surface area contributed by atoms with Crippen LogP contribution >= 0.6 is 0 Å². The predicted octanol–water partition coefficient (Wildman–Crippen LogP) is 2.87. The number of benzene rings is 3. The smallest absolute Gasteiger partial charge is 0.259 e. The zero-order valence-electron chi connectivity index (χ0n) is 17.1. The second-order valence-corrected chi connectivity index (χ2v) is 6.89. The van der Waals surface area contributed by atoms with Crippen molar-refractivity contribution < 1.29 is 23.8 Å². The number of carbonyl (C=O) groups excluding carboxylic acids is 2. The minimum absolute atomic E-state index is 0.129. The lowest BCUT2D eigenvalue weighted by Crippen LogP contribution is -2.34. The summed E-state index contributed by atoms with van der Waals surface area (Å²) in [5.41, 5.74) is 4.64. The average molecular weight is 431 g/mol. The van der Waals surface area contributed by atoms with Gasteiger partial charge in [-0.3, -0.25) is 9.59 Å². The van der Waals surface area contributed by atoms with E-state index in [0.717, 1.165) is 16.9 Å². The van der Waals surface area contributed by atoms with Crippen LogP contribution in [0.5, 0.6) is 17.2 Å². The van der Waals surface area contributed by atoms with Gasteiger partial charge in [-0.05, 0) is 53.6 Å². The lowest BCUT2D eigenvalue weighted by atomic mass is 10.2. The molecule has 3 aromatic carbocycles. The van der Waals surface area contributed by atoms with Crippen molar-refractivity contribution in [2.45, 2.75) is 6.61 Å². The van der Waals surface area contributed by atoms with E-state index in [1.807, 2.05) is 54.6 Å². The van der Waals surface area contributed by atoms with E-state index in [1.165, 1.54) is 6.21 Å². The first-order valence-electron chi connectivity index (χ1n) is 9.94. The van der Waals surface area contributed by atoms with Crippen LogP contribution in [0.3, 0.4) is 0 Å². The number of hydrogen-bond acceptors (Lipinski definition) is 6. The molecule has 32 heavy (non-hydrogen) atoms. The number of ether oxygens (including phenoxy) is 3. The molecule has 0 unspecified atom stereocenters. The Kier molecular flexibility index (Phi) is 6.62. The number of hydrazone groups is 1. The number of hydrogen-bond donors (Lipinski definition) is 2. The first kappa shape index (κ1) is 20.9. The van der Waals surface area contributed by atoms with E-state index in [2.05, 4.69) is 15.8 Å². The molecule has 1 heterocycles. The Morgan fingerprint density at radius 3 is 2.56 bits per heavy atom. The number of amides is 2. The van der Waals surface area contributed by atoms with Gasteiger partial charge in [-0.15, -0.1) is 0 Å². The van der Waals surface area contributed by atoms with E-state index >= 15 is 0 Å². The summed E-state index contributed by atoms with van der Waals surface area (Å²) in [7, 11) is 0. The fourth-order valence-electron chi connectivity index (χ4n) is 2.91. The molecule has 0 fully saturated rings. The van der Waals surface area contributed by atoms with Gasteiger partial charge in [-0.25, -0.2) is 5.43 Å². The van der Waals surface area contributed by atoms with Crippen LogP contribution in [0, 0.1) is 0 Å². The van der Waals surface area contributed by atoms with Crippen molar-refractivity contribution in [2.75, 3.05) is 13.3 Å². The maximum atomic E-state index is 12.2. The van der Waals surface area contributed by atoms with Gasteiger partial charge in [-0.2, -0.15) is 5.10 Å². The van der Waals surface area contributed by atoms with Crippen LogP contribution in [0.2, 0.25) is 0 Å². The summed E-state index contributed by atoms with van der Waals surface area (Å²) < 4.78 is 16.2. The molecule has 0 aromatic heterocycles. The van der Waals surface area contributed by atoms with Crippen LogP contribution in [-0.2, 0) is 11.4 Å². The van der Waals surface area contributed by atoms with E-state index < -0.39 is 11.8 Å². The van der Waals surface area contributed by atoms with Crippen molar-refractivity contribution in [3.8, 4) is 17.2 Å². The Hall–Kier alpha value is -4.33. The number of carbonyl (C=O) groups is 2. The molecule has 2 N–H and O–H groups in total. The van der Waals surface area contributed by atoms with Crippen molar-refractivity contribution in [3.05, 3.63) is 89.5 Å². The fourth-order valence-corrected chi connectivity index (χ4v) is 2.91. The van der Waals surface area contributed by atoms with E-state index in [4.69, 9.17) is 14.2 Å². The van der Waals surface area contributed by atoms with Crippen LogP contribution < -0.4 is 25.0 Å². The molecular weight excluding hydrogens is 410 g/mol. The third kappa shape index (κ3) is 5.63. The summed E-state index contributed by atoms with van der Waals surface area (Å²) in [5.74, 6) is 0.987. The van der Waals surface area contributed by atoms with Gasteiger partial charge in [0.15, 0.2) is 11.5 Å². The fraction of sp³-hybridized carbons (Fsp3) is 0.125. The SMILES string of the molecule is O=C(CNC(=O)c1ccc2c(c1)OCO2)N/N=C\c1ccc(OCc2ccccc2)cc1. The van der Waals surface area contributed by atoms with Gasteiger partial charge in [0, 0.05) is 5.56 Å². The van der Waals surface area contributed by atoms with E-state index in [1.54, 1.807) is 18.2 Å². The molecule has 4 rings (SSSR count). The van der Waals surface area contributed by atoms with Crippen LogP contribution in [0.4, 0.5) is 0 Å². The molecule has 0 atom stereocenters. The first-order valence-corrected chi connectivity index (χ1v) is 9.94. The number of fused-ring (bicyclic) bond motifs is 1. The predicted molar refractivity (Wildman–Crippen MR) is 118 cm³/mol. The van der Waals surface area contributed by atoms with Crippen LogP contribution in [-0.4, -0.2) is 31.4 Å². The zero-order chi connectivity index (χ0) is 22.2. The van der Waals surface area contributed by atoms with Gasteiger partial charge in [0.2, 0.25) is 6.79 Å². The van der Waals surface area contributed by atoms with Crippen LogP contribution in [0.15, 0.2) is 77.9 Å². The van der Waals surface area contributed by atoms with Gasteiger partial charge in [-0.1, -0.05) is 30.3 Å². The molecule has 0 spiro atoms. The number of nitrogens with zero attached hydrogens (tertiary/aromatic N) is 1. The first-order chi connectivity index (χ1) is 15.7. The second-order valence-electron chi connectivity index (χ2n) is 6.89. The van der Waals surface area contributed by atoms with Crippen LogP contribution in [0.1, 0.15) is 21.5 Å². The summed E-state index contributed by atoms with van der Waals surface area (Å²) in [6.07, 6.45) is 1.51. The molecule has 2 amide bonds. The maximum Gasteiger partial charge on any atom is 0.259 e. The van der Waals surface area contributed by atoms with Gasteiger partial charge in [0.25, 0.3) is 11.8 Å². The van der Waals surface area contributed by atoms with Crippen LogP contribution in [0.25, 0.3) is 0 Å². The summed E-state index contributed by atoms with van der Waals surface area (Å²) in [6.45, 7) is 0.406. The highest BCUT2D eigenvalue weighted by atomic mass is 16.7. The Balaban J connectivity index is 1.19. The normalized spacial score (nSPS) is 11.9. The Morgan fingerprint density at radius 1 is 0.969 bits per heavy atom. The quantitative estimate of drug-likeness (QED) is 0.422. The third-order valence-corrected chi connectivity index (χ3v) is 4.58. The zero-order valence-corrected chi connectivity index (χ0v) is 17.1. The van der Waals surface area contributed by atoms with Crippen molar-refractivity contribution >= 4 is 18.0 Å². The summed E-state index contributed by atoms with van der Waals surface area (Å²) in [4.78, 5) is 24.1. The molecule has 8 nitrogen and oxygen atoms in total. The summed E-state index contributed by atoms with van der Waals surface area (Å²) in [5, 5.41) is 6.45. The second kappa shape index (κ2) is 10.1. The van der Waals surface area contributed by atoms with Gasteiger partial charge in [0.05, 0.1) is 12.8 Å². The topological polar surface area (TPSA) is 98.3 Å². The molecule has 3 aromatic rings. The third-order valence-electron chi connectivity index (χ3n) is 4.58. The Bertz CT molecular complexity index is 1110. The number of nitrogens with one attached hydrogen (secondary N) is 2. The molecule has 1 aliphatic rings. The standard InChI is InChI=1S/C24H21N3O5/c28-23(14-25-24(29)19-8-11-21-22(12-19)32-16-31-21)27-26-13-17-6-9-20(10-7-17)30-15-18-4-2-1-3-5-18/h1-13H,14-16H2,(H,25,29)(H,27,28)/b26-13-. The molecule has 0 bridgehead atoms. The molecule has 8 heteroatoms. The van der Waals surface area contributed by atoms with Gasteiger partial charge < -0.3 is 19.5 Å². The van der Waals surface area contributed by atoms with Crippen molar-refractivity contribution in [1.82, 2.24) is 10.7 Å². The lowest BCUT2D eigenvalue weighted by Gasteiger charge is -2.06.